The minimum Gasteiger partial charge on any atom is -0.493 e. The van der Waals surface area contributed by atoms with E-state index >= 15 is 0 Å². The van der Waals surface area contributed by atoms with Gasteiger partial charge in [0.2, 0.25) is 0 Å². The van der Waals surface area contributed by atoms with E-state index in [0.717, 1.165) is 22.2 Å². The van der Waals surface area contributed by atoms with Crippen molar-refractivity contribution in [2.24, 2.45) is 0 Å². The molecule has 0 aliphatic heterocycles. The first-order valence-electron chi connectivity index (χ1n) is 8.32. The monoisotopic (exact) mass is 381 g/mol. The molecule has 0 saturated carbocycles. The van der Waals surface area contributed by atoms with Gasteiger partial charge in [-0.15, -0.1) is 11.3 Å². The Balaban J connectivity index is 0.00000151. The van der Waals surface area contributed by atoms with Gasteiger partial charge in [-0.25, -0.2) is 4.98 Å². The number of methoxy groups -OCH3 is 1. The molecule has 0 aliphatic carbocycles. The zero-order chi connectivity index (χ0) is 18.9. The zero-order valence-corrected chi connectivity index (χ0v) is 17.4. The third-order valence-electron chi connectivity index (χ3n) is 3.20. The number of carbonyl (C=O) groups is 1. The first-order valence-corrected chi connectivity index (χ1v) is 10.0. The first kappa shape index (κ1) is 21.5. The van der Waals surface area contributed by atoms with Crippen molar-refractivity contribution < 1.29 is 14.3 Å². The number of thiazole rings is 1. The maximum absolute atomic E-state index is 11.7. The molecule has 1 aromatic carbocycles. The number of thioether (sulfide) groups is 1. The number of hydrogen-bond acceptors (Lipinski definition) is 6. The quantitative estimate of drug-likeness (QED) is 0.491. The maximum atomic E-state index is 11.7. The van der Waals surface area contributed by atoms with Crippen LogP contribution >= 0.6 is 23.1 Å². The lowest BCUT2D eigenvalue weighted by Crippen LogP contribution is -2.28. The average molecular weight is 382 g/mol. The fourth-order valence-corrected chi connectivity index (χ4v) is 4.17. The van der Waals surface area contributed by atoms with Crippen molar-refractivity contribution in [3.05, 3.63) is 40.9 Å². The second-order valence-electron chi connectivity index (χ2n) is 5.62. The zero-order valence-electron chi connectivity index (χ0n) is 15.8. The number of esters is 1. The number of rotatable bonds is 7. The average Bonchev–Trinajstić information content (AvgIpc) is 3.04. The van der Waals surface area contributed by atoms with Gasteiger partial charge in [-0.2, -0.15) is 0 Å². The number of aryl methyl sites for hydroxylation is 1. The van der Waals surface area contributed by atoms with E-state index < -0.39 is 4.75 Å². The largest absolute Gasteiger partial charge is 0.493 e. The minimum atomic E-state index is -0.637. The van der Waals surface area contributed by atoms with Gasteiger partial charge in [-0.05, 0) is 32.9 Å². The summed E-state index contributed by atoms with van der Waals surface area (Å²) < 4.78 is 10.8. The Labute approximate surface area is 159 Å². The van der Waals surface area contributed by atoms with Crippen molar-refractivity contribution in [3.8, 4) is 5.75 Å². The van der Waals surface area contributed by atoms with Crippen molar-refractivity contribution in [2.75, 3.05) is 13.7 Å². The molecule has 0 amide bonds. The summed E-state index contributed by atoms with van der Waals surface area (Å²) in [6.45, 7) is 10.3. The van der Waals surface area contributed by atoms with E-state index in [0.29, 0.717) is 6.61 Å². The van der Waals surface area contributed by atoms with Crippen molar-refractivity contribution in [1.29, 1.82) is 0 Å². The molecule has 1 heterocycles. The summed E-state index contributed by atoms with van der Waals surface area (Å²) in [6.07, 6.45) is 0.740. The van der Waals surface area contributed by atoms with Crippen LogP contribution in [0, 0.1) is 6.92 Å². The second kappa shape index (κ2) is 10.5. The Bertz CT molecular complexity index is 651. The molecule has 0 aliphatic rings. The van der Waals surface area contributed by atoms with Gasteiger partial charge in [-0.3, -0.25) is 4.79 Å². The maximum Gasteiger partial charge on any atom is 0.321 e. The van der Waals surface area contributed by atoms with E-state index in [1.807, 2.05) is 64.3 Å². The molecule has 0 N–H and O–H groups in total. The summed E-state index contributed by atoms with van der Waals surface area (Å²) in [6, 6.07) is 8.00. The normalized spacial score (nSPS) is 10.6. The van der Waals surface area contributed by atoms with Crippen LogP contribution in [0.2, 0.25) is 0 Å². The number of nitrogens with zero attached hydrogens (tertiary/aromatic N) is 1. The van der Waals surface area contributed by atoms with Gasteiger partial charge in [0.05, 0.1) is 19.4 Å². The summed E-state index contributed by atoms with van der Waals surface area (Å²) in [7, 11) is 1.40. The number of carbonyl (C=O) groups excluding carboxylic acids is 1. The highest BCUT2D eigenvalue weighted by Gasteiger charge is 2.31. The van der Waals surface area contributed by atoms with E-state index in [1.165, 1.54) is 24.4 Å². The van der Waals surface area contributed by atoms with Gasteiger partial charge in [0.15, 0.2) is 4.34 Å². The van der Waals surface area contributed by atoms with Crippen LogP contribution in [0.5, 0.6) is 5.75 Å². The fourth-order valence-electron chi connectivity index (χ4n) is 1.86. The van der Waals surface area contributed by atoms with Crippen molar-refractivity contribution in [1.82, 2.24) is 4.98 Å². The van der Waals surface area contributed by atoms with Crippen LogP contribution < -0.4 is 4.74 Å². The highest BCUT2D eigenvalue weighted by molar-refractivity contribution is 8.03. The molecule has 0 fully saturated rings. The number of hydrogen-bond donors (Lipinski definition) is 0. The molecule has 6 heteroatoms. The highest BCUT2D eigenvalue weighted by atomic mass is 32.2. The molecule has 0 atom stereocenters. The van der Waals surface area contributed by atoms with Crippen LogP contribution in [0.3, 0.4) is 0 Å². The smallest absolute Gasteiger partial charge is 0.321 e. The van der Waals surface area contributed by atoms with Gasteiger partial charge in [0.1, 0.15) is 10.5 Å². The number of aromatic nitrogens is 1. The van der Waals surface area contributed by atoms with Crippen LogP contribution in [0.4, 0.5) is 0 Å². The summed E-state index contributed by atoms with van der Waals surface area (Å²) >= 11 is 2.96. The van der Waals surface area contributed by atoms with E-state index in [4.69, 9.17) is 9.47 Å². The predicted octanol–water partition coefficient (Wildman–Crippen LogP) is 5.14. The molecule has 4 nitrogen and oxygen atoms in total. The van der Waals surface area contributed by atoms with E-state index in [1.54, 1.807) is 11.3 Å². The Hall–Kier alpha value is -1.53. The number of ether oxygens (including phenoxy) is 2. The molecular weight excluding hydrogens is 354 g/mol. The fraction of sp³-hybridized carbons (Fsp3) is 0.474. The molecule has 2 aromatic rings. The van der Waals surface area contributed by atoms with Crippen LogP contribution in [0.15, 0.2) is 34.0 Å². The van der Waals surface area contributed by atoms with Crippen LogP contribution in [-0.2, 0) is 16.0 Å². The molecular formula is C19H27NO3S2. The van der Waals surface area contributed by atoms with Crippen LogP contribution in [0.1, 0.15) is 39.0 Å². The lowest BCUT2D eigenvalue weighted by molar-refractivity contribution is -0.142. The Kier molecular flexibility index (Phi) is 9.00. The minimum absolute atomic E-state index is 0.248. The summed E-state index contributed by atoms with van der Waals surface area (Å²) in [5.41, 5.74) is 2.19. The molecule has 0 spiro atoms. The molecule has 138 valence electrons. The molecule has 25 heavy (non-hydrogen) atoms. The van der Waals surface area contributed by atoms with Crippen molar-refractivity contribution >= 4 is 29.1 Å². The SMILES string of the molecule is CC.COC(=O)C(C)(C)Sc1nc(CCOc2ccc(C)cc2)cs1. The summed E-state index contributed by atoms with van der Waals surface area (Å²) in [5.74, 6) is 0.620. The highest BCUT2D eigenvalue weighted by Crippen LogP contribution is 2.35. The molecule has 2 rings (SSSR count). The van der Waals surface area contributed by atoms with Gasteiger partial charge >= 0.3 is 5.97 Å². The van der Waals surface area contributed by atoms with Crippen molar-refractivity contribution in [3.63, 3.8) is 0 Å². The van der Waals surface area contributed by atoms with Crippen LogP contribution in [0.25, 0.3) is 0 Å². The lowest BCUT2D eigenvalue weighted by atomic mass is 10.2. The second-order valence-corrected chi connectivity index (χ2v) is 8.35. The number of benzene rings is 1. The van der Waals surface area contributed by atoms with Gasteiger partial charge in [-0.1, -0.05) is 43.3 Å². The van der Waals surface area contributed by atoms with E-state index in [2.05, 4.69) is 4.98 Å². The predicted molar refractivity (Wildman–Crippen MR) is 106 cm³/mol. The molecule has 0 unspecified atom stereocenters. The Morgan fingerprint density at radius 1 is 1.24 bits per heavy atom. The van der Waals surface area contributed by atoms with E-state index in [9.17, 15) is 4.79 Å². The summed E-state index contributed by atoms with van der Waals surface area (Å²) in [5, 5.41) is 2.01. The Morgan fingerprint density at radius 3 is 2.48 bits per heavy atom. The van der Waals surface area contributed by atoms with Gasteiger partial charge < -0.3 is 9.47 Å². The molecule has 0 bridgehead atoms. The Morgan fingerprint density at radius 2 is 1.88 bits per heavy atom. The van der Waals surface area contributed by atoms with Crippen LogP contribution in [-0.4, -0.2) is 29.4 Å². The van der Waals surface area contributed by atoms with Crippen molar-refractivity contribution in [2.45, 2.75) is 50.1 Å². The topological polar surface area (TPSA) is 48.4 Å². The van der Waals surface area contributed by atoms with Gasteiger partial charge in [0.25, 0.3) is 0 Å². The molecule has 0 saturated heterocycles. The van der Waals surface area contributed by atoms with E-state index in [-0.39, 0.29) is 5.97 Å². The summed E-state index contributed by atoms with van der Waals surface area (Å²) in [4.78, 5) is 16.3. The lowest BCUT2D eigenvalue weighted by Gasteiger charge is -2.18. The molecule has 0 radical (unpaired) electrons. The third kappa shape index (κ3) is 7.08. The first-order chi connectivity index (χ1) is 11.9. The standard InChI is InChI=1S/C17H21NO3S2.C2H6/c1-12-5-7-14(8-6-12)21-10-9-13-11-22-16(18-13)23-17(2,3)15(19)20-4;1-2/h5-8,11H,9-10H2,1-4H3;1-2H3. The molecule has 1 aromatic heterocycles. The third-order valence-corrected chi connectivity index (χ3v) is 5.36. The van der Waals surface area contributed by atoms with Gasteiger partial charge in [0, 0.05) is 11.8 Å².